The van der Waals surface area contributed by atoms with E-state index in [9.17, 15) is 0 Å². The molecule has 0 atom stereocenters. The molecule has 6 heteroatoms. The van der Waals surface area contributed by atoms with Gasteiger partial charge in [0, 0.05) is 18.3 Å². The Hall–Kier alpha value is -2.24. The van der Waals surface area contributed by atoms with Crippen LogP contribution < -0.4 is 21.1 Å². The van der Waals surface area contributed by atoms with Gasteiger partial charge in [-0.05, 0) is 51.5 Å². The summed E-state index contributed by atoms with van der Waals surface area (Å²) in [5, 5.41) is 6.26. The number of nitrogens with two attached hydrogens (primary N) is 1. The summed E-state index contributed by atoms with van der Waals surface area (Å²) in [6.45, 7) is 9.57. The second-order valence-electron chi connectivity index (χ2n) is 5.44. The summed E-state index contributed by atoms with van der Waals surface area (Å²) in [5.41, 5.74) is 6.82. The number of aliphatic imine (C=N–C) groups is 2. The molecule has 0 spiro atoms. The van der Waals surface area contributed by atoms with Gasteiger partial charge in [0.25, 0.3) is 0 Å². The fourth-order valence-electron chi connectivity index (χ4n) is 1.81. The Kier molecular flexibility index (Phi) is 8.57. The first-order valence-corrected chi connectivity index (χ1v) is 8.20. The number of nitrogens with one attached hydrogen (secondary N) is 2. The number of hydrogen-bond donors (Lipinski definition) is 3. The molecule has 6 nitrogen and oxygen atoms in total. The summed E-state index contributed by atoms with van der Waals surface area (Å²) in [5.74, 6) is 1.69. The van der Waals surface area contributed by atoms with Crippen LogP contribution in [0.2, 0.25) is 0 Å². The van der Waals surface area contributed by atoms with E-state index in [-0.39, 0.29) is 6.04 Å². The molecule has 0 saturated heterocycles. The van der Waals surface area contributed by atoms with Crippen molar-refractivity contribution < 1.29 is 4.74 Å². The average molecular weight is 319 g/mol. The first kappa shape index (κ1) is 18.8. The van der Waals surface area contributed by atoms with Crippen LogP contribution in [0, 0.1) is 0 Å². The highest BCUT2D eigenvalue weighted by molar-refractivity contribution is 6.01. The third-order valence-corrected chi connectivity index (χ3v) is 2.86. The highest BCUT2D eigenvalue weighted by atomic mass is 16.5. The number of benzene rings is 1. The van der Waals surface area contributed by atoms with Gasteiger partial charge in [-0.3, -0.25) is 4.99 Å². The first-order chi connectivity index (χ1) is 11.0. The fourth-order valence-corrected chi connectivity index (χ4v) is 1.81. The predicted octanol–water partition coefficient (Wildman–Crippen LogP) is 2.97. The molecule has 128 valence electrons. The van der Waals surface area contributed by atoms with Gasteiger partial charge in [0.05, 0.1) is 6.61 Å². The summed E-state index contributed by atoms with van der Waals surface area (Å²) < 4.78 is 5.41. The van der Waals surface area contributed by atoms with Crippen LogP contribution >= 0.6 is 0 Å². The zero-order valence-electron chi connectivity index (χ0n) is 14.6. The third-order valence-electron chi connectivity index (χ3n) is 2.86. The van der Waals surface area contributed by atoms with Crippen molar-refractivity contribution in [2.75, 3.05) is 18.5 Å². The molecule has 0 fully saturated rings. The maximum Gasteiger partial charge on any atom is 0.221 e. The van der Waals surface area contributed by atoms with E-state index >= 15 is 0 Å². The smallest absolute Gasteiger partial charge is 0.221 e. The van der Waals surface area contributed by atoms with E-state index in [2.05, 4.69) is 27.5 Å². The van der Waals surface area contributed by atoms with E-state index in [0.29, 0.717) is 18.5 Å². The molecule has 0 saturated carbocycles. The van der Waals surface area contributed by atoms with Crippen molar-refractivity contribution >= 4 is 17.6 Å². The predicted molar refractivity (Wildman–Crippen MR) is 98.3 cm³/mol. The van der Waals surface area contributed by atoms with Crippen LogP contribution in [0.15, 0.2) is 34.3 Å². The third kappa shape index (κ3) is 8.09. The molecule has 4 N–H and O–H groups in total. The van der Waals surface area contributed by atoms with Gasteiger partial charge >= 0.3 is 0 Å². The molecule has 0 heterocycles. The van der Waals surface area contributed by atoms with Gasteiger partial charge in [-0.2, -0.15) is 4.99 Å². The van der Waals surface area contributed by atoms with Gasteiger partial charge in [-0.25, -0.2) is 0 Å². The lowest BCUT2D eigenvalue weighted by atomic mass is 10.3. The number of hydrogen-bond acceptors (Lipinski definition) is 2. The minimum Gasteiger partial charge on any atom is -0.494 e. The lowest BCUT2D eigenvalue weighted by Crippen LogP contribution is -2.33. The maximum absolute atomic E-state index is 5.97. The van der Waals surface area contributed by atoms with Crippen molar-refractivity contribution in [3.05, 3.63) is 24.3 Å². The molecular weight excluding hydrogens is 290 g/mol. The van der Waals surface area contributed by atoms with Crippen LogP contribution in [0.3, 0.4) is 0 Å². The van der Waals surface area contributed by atoms with Crippen molar-refractivity contribution in [2.45, 2.75) is 46.6 Å². The maximum atomic E-state index is 5.97. The molecule has 0 aliphatic carbocycles. The highest BCUT2D eigenvalue weighted by Crippen LogP contribution is 2.15. The minimum atomic E-state index is 0.248. The molecule has 23 heavy (non-hydrogen) atoms. The van der Waals surface area contributed by atoms with Crippen LogP contribution in [0.25, 0.3) is 0 Å². The standard InChI is InChI=1S/C17H29N5O/c1-5-7-12-19-17(20-13(3)4)22-16(18)21-14-8-10-15(11-9-14)23-6-2/h8-11,13H,5-7,12H2,1-4H3,(H4,18,19,20,21,22). The molecule has 0 aliphatic heterocycles. The molecular formula is C17H29N5O. The van der Waals surface area contributed by atoms with E-state index < -0.39 is 0 Å². The molecule has 0 aliphatic rings. The number of unbranched alkanes of at least 4 members (excludes halogenated alkanes) is 1. The minimum absolute atomic E-state index is 0.248. The summed E-state index contributed by atoms with van der Waals surface area (Å²) >= 11 is 0. The molecule has 0 radical (unpaired) electrons. The van der Waals surface area contributed by atoms with Crippen molar-refractivity contribution in [3.8, 4) is 5.75 Å². The Bertz CT molecular complexity index is 508. The van der Waals surface area contributed by atoms with Gasteiger partial charge in [0.2, 0.25) is 11.9 Å². The van der Waals surface area contributed by atoms with E-state index in [1.807, 2.05) is 45.0 Å². The Balaban J connectivity index is 2.71. The SMILES string of the molecule is CCCCN=C(N=C(N)Nc1ccc(OCC)cc1)NC(C)C. The van der Waals surface area contributed by atoms with E-state index in [0.717, 1.165) is 30.8 Å². The van der Waals surface area contributed by atoms with Crippen LogP contribution in [0.4, 0.5) is 5.69 Å². The van der Waals surface area contributed by atoms with E-state index in [1.54, 1.807) is 0 Å². The van der Waals surface area contributed by atoms with Gasteiger partial charge < -0.3 is 21.1 Å². The Morgan fingerprint density at radius 1 is 1.22 bits per heavy atom. The second kappa shape index (κ2) is 10.5. The topological polar surface area (TPSA) is 84.0 Å². The molecule has 0 aromatic heterocycles. The number of rotatable bonds is 7. The Labute approximate surface area is 139 Å². The lowest BCUT2D eigenvalue weighted by Gasteiger charge is -2.11. The van der Waals surface area contributed by atoms with Crippen LogP contribution in [-0.4, -0.2) is 31.1 Å². The zero-order valence-corrected chi connectivity index (χ0v) is 14.6. The van der Waals surface area contributed by atoms with E-state index in [1.165, 1.54) is 0 Å². The van der Waals surface area contributed by atoms with Gasteiger partial charge in [0.15, 0.2) is 0 Å². The summed E-state index contributed by atoms with van der Waals surface area (Å²) in [7, 11) is 0. The molecule has 1 rings (SSSR count). The molecule has 0 amide bonds. The normalized spacial score (nSPS) is 12.4. The van der Waals surface area contributed by atoms with Crippen molar-refractivity contribution in [2.24, 2.45) is 15.7 Å². The fraction of sp³-hybridized carbons (Fsp3) is 0.529. The zero-order chi connectivity index (χ0) is 17.1. The second-order valence-corrected chi connectivity index (χ2v) is 5.44. The molecule has 0 unspecified atom stereocenters. The van der Waals surface area contributed by atoms with Gasteiger partial charge in [-0.15, -0.1) is 0 Å². The molecule has 1 aromatic rings. The Morgan fingerprint density at radius 2 is 1.91 bits per heavy atom. The van der Waals surface area contributed by atoms with Crippen molar-refractivity contribution in [3.63, 3.8) is 0 Å². The number of ether oxygens (including phenoxy) is 1. The quantitative estimate of drug-likeness (QED) is 0.410. The highest BCUT2D eigenvalue weighted by Gasteiger charge is 2.02. The Morgan fingerprint density at radius 3 is 2.48 bits per heavy atom. The van der Waals surface area contributed by atoms with E-state index in [4.69, 9.17) is 10.5 Å². The van der Waals surface area contributed by atoms with Crippen LogP contribution in [-0.2, 0) is 0 Å². The lowest BCUT2D eigenvalue weighted by molar-refractivity contribution is 0.340. The van der Waals surface area contributed by atoms with Gasteiger partial charge in [0.1, 0.15) is 5.75 Å². The summed E-state index contributed by atoms with van der Waals surface area (Å²) in [6, 6.07) is 7.83. The first-order valence-electron chi connectivity index (χ1n) is 8.20. The summed E-state index contributed by atoms with van der Waals surface area (Å²) in [6.07, 6.45) is 2.13. The molecule has 1 aromatic carbocycles. The number of nitrogens with zero attached hydrogens (tertiary/aromatic N) is 2. The van der Waals surface area contributed by atoms with Crippen LogP contribution in [0.1, 0.15) is 40.5 Å². The van der Waals surface area contributed by atoms with Gasteiger partial charge in [-0.1, -0.05) is 13.3 Å². The van der Waals surface area contributed by atoms with Crippen molar-refractivity contribution in [1.82, 2.24) is 5.32 Å². The van der Waals surface area contributed by atoms with Crippen LogP contribution in [0.5, 0.6) is 5.75 Å². The summed E-state index contributed by atoms with van der Waals surface area (Å²) in [4.78, 5) is 8.79. The monoisotopic (exact) mass is 319 g/mol. The number of anilines is 1. The molecule has 0 bridgehead atoms. The number of guanidine groups is 2. The average Bonchev–Trinajstić information content (AvgIpc) is 2.49. The largest absolute Gasteiger partial charge is 0.494 e. The van der Waals surface area contributed by atoms with Crippen molar-refractivity contribution in [1.29, 1.82) is 0 Å².